The summed E-state index contributed by atoms with van der Waals surface area (Å²) in [6.45, 7) is 2.64. The van der Waals surface area contributed by atoms with Crippen molar-refractivity contribution >= 4 is 0 Å². The van der Waals surface area contributed by atoms with Crippen LogP contribution < -0.4 is 10.1 Å². The topological polar surface area (TPSA) is 41.5 Å². The molecular formula is C17H20FNO2. The zero-order chi connectivity index (χ0) is 15.2. The van der Waals surface area contributed by atoms with Gasteiger partial charge in [-0.3, -0.25) is 0 Å². The van der Waals surface area contributed by atoms with Gasteiger partial charge in [-0.15, -0.1) is 0 Å². The molecule has 2 rings (SSSR count). The third kappa shape index (κ3) is 3.95. The molecule has 0 radical (unpaired) electrons. The monoisotopic (exact) mass is 289 g/mol. The van der Waals surface area contributed by atoms with Crippen molar-refractivity contribution < 1.29 is 14.2 Å². The molecule has 0 aliphatic heterocycles. The second kappa shape index (κ2) is 7.09. The molecule has 2 aromatic carbocycles. The summed E-state index contributed by atoms with van der Waals surface area (Å²) in [7, 11) is 1.64. The molecule has 0 bridgehead atoms. The van der Waals surface area contributed by atoms with Gasteiger partial charge in [0.25, 0.3) is 0 Å². The highest BCUT2D eigenvalue weighted by Crippen LogP contribution is 2.21. The number of halogens is 1. The quantitative estimate of drug-likeness (QED) is 0.850. The van der Waals surface area contributed by atoms with Crippen molar-refractivity contribution in [2.75, 3.05) is 7.11 Å². The van der Waals surface area contributed by atoms with E-state index in [1.807, 2.05) is 24.3 Å². The largest absolute Gasteiger partial charge is 0.505 e. The first kappa shape index (κ1) is 15.3. The molecule has 0 heterocycles. The Morgan fingerprint density at radius 1 is 1.19 bits per heavy atom. The number of aromatic hydroxyl groups is 1. The Labute approximate surface area is 124 Å². The molecule has 0 saturated heterocycles. The van der Waals surface area contributed by atoms with Gasteiger partial charge in [0, 0.05) is 12.6 Å². The lowest BCUT2D eigenvalue weighted by atomic mass is 10.0. The molecule has 0 saturated carbocycles. The predicted molar refractivity (Wildman–Crippen MR) is 80.9 cm³/mol. The molecule has 0 fully saturated rings. The van der Waals surface area contributed by atoms with Gasteiger partial charge in [0.1, 0.15) is 5.75 Å². The number of ether oxygens (including phenoxy) is 1. The number of phenols is 1. The summed E-state index contributed by atoms with van der Waals surface area (Å²) in [6.07, 6.45) is 0.924. The third-order valence-electron chi connectivity index (χ3n) is 3.49. The fraction of sp³-hybridized carbons (Fsp3) is 0.294. The van der Waals surface area contributed by atoms with Crippen LogP contribution in [0.5, 0.6) is 11.5 Å². The minimum Gasteiger partial charge on any atom is -0.505 e. The Morgan fingerprint density at radius 2 is 1.90 bits per heavy atom. The number of benzene rings is 2. The molecule has 21 heavy (non-hydrogen) atoms. The summed E-state index contributed by atoms with van der Waals surface area (Å²) in [5.41, 5.74) is 1.97. The smallest absolute Gasteiger partial charge is 0.165 e. The van der Waals surface area contributed by atoms with Crippen LogP contribution in [0, 0.1) is 5.82 Å². The molecule has 0 aliphatic rings. The predicted octanol–water partition coefficient (Wildman–Crippen LogP) is 3.78. The van der Waals surface area contributed by atoms with Crippen molar-refractivity contribution in [2.45, 2.75) is 25.9 Å². The highest BCUT2D eigenvalue weighted by atomic mass is 19.1. The van der Waals surface area contributed by atoms with Crippen molar-refractivity contribution in [3.05, 3.63) is 59.4 Å². The standard InChI is InChI=1S/C17H20FNO2/c1-3-16(13-5-7-14(21-2)8-6-13)19-11-12-4-9-17(20)15(18)10-12/h4-10,16,19-20H,3,11H2,1-2H3. The van der Waals surface area contributed by atoms with E-state index >= 15 is 0 Å². The van der Waals surface area contributed by atoms with Gasteiger partial charge in [-0.2, -0.15) is 0 Å². The maximum absolute atomic E-state index is 13.3. The lowest BCUT2D eigenvalue weighted by Gasteiger charge is -2.18. The highest BCUT2D eigenvalue weighted by Gasteiger charge is 2.09. The number of rotatable bonds is 6. The van der Waals surface area contributed by atoms with Gasteiger partial charge in [-0.1, -0.05) is 25.1 Å². The number of phenolic OH excluding ortho intramolecular Hbond substituents is 1. The molecular weight excluding hydrogens is 269 g/mol. The van der Waals surface area contributed by atoms with Crippen LogP contribution in [0.25, 0.3) is 0 Å². The summed E-state index contributed by atoms with van der Waals surface area (Å²) in [6, 6.07) is 12.5. The Balaban J connectivity index is 2.02. The van der Waals surface area contributed by atoms with Crippen LogP contribution in [-0.4, -0.2) is 12.2 Å². The van der Waals surface area contributed by atoms with Crippen molar-refractivity contribution in [3.63, 3.8) is 0 Å². The van der Waals surface area contributed by atoms with Gasteiger partial charge in [-0.05, 0) is 41.8 Å². The van der Waals surface area contributed by atoms with E-state index in [0.29, 0.717) is 6.54 Å². The van der Waals surface area contributed by atoms with E-state index < -0.39 is 5.82 Å². The van der Waals surface area contributed by atoms with Crippen molar-refractivity contribution in [3.8, 4) is 11.5 Å². The van der Waals surface area contributed by atoms with Crippen LogP contribution in [0.1, 0.15) is 30.5 Å². The van der Waals surface area contributed by atoms with E-state index in [-0.39, 0.29) is 11.8 Å². The summed E-state index contributed by atoms with van der Waals surface area (Å²) < 4.78 is 18.5. The van der Waals surface area contributed by atoms with E-state index in [9.17, 15) is 9.50 Å². The first-order chi connectivity index (χ1) is 10.1. The molecule has 0 aliphatic carbocycles. The average molecular weight is 289 g/mol. The molecule has 2 aromatic rings. The SMILES string of the molecule is CCC(NCc1ccc(O)c(F)c1)c1ccc(OC)cc1. The van der Waals surface area contributed by atoms with Crippen LogP contribution in [0.3, 0.4) is 0 Å². The van der Waals surface area contributed by atoms with Gasteiger partial charge in [0.2, 0.25) is 0 Å². The van der Waals surface area contributed by atoms with Gasteiger partial charge in [-0.25, -0.2) is 4.39 Å². The van der Waals surface area contributed by atoms with Crippen molar-refractivity contribution in [1.82, 2.24) is 5.32 Å². The lowest BCUT2D eigenvalue weighted by Crippen LogP contribution is -2.20. The van der Waals surface area contributed by atoms with E-state index in [1.54, 1.807) is 13.2 Å². The Morgan fingerprint density at radius 3 is 2.48 bits per heavy atom. The van der Waals surface area contributed by atoms with E-state index in [2.05, 4.69) is 12.2 Å². The van der Waals surface area contributed by atoms with Gasteiger partial charge in [0.05, 0.1) is 7.11 Å². The van der Waals surface area contributed by atoms with Gasteiger partial charge >= 0.3 is 0 Å². The zero-order valence-electron chi connectivity index (χ0n) is 12.3. The first-order valence-corrected chi connectivity index (χ1v) is 6.98. The fourth-order valence-corrected chi connectivity index (χ4v) is 2.24. The third-order valence-corrected chi connectivity index (χ3v) is 3.49. The number of nitrogens with one attached hydrogen (secondary N) is 1. The molecule has 0 spiro atoms. The zero-order valence-corrected chi connectivity index (χ0v) is 12.3. The number of hydrogen-bond donors (Lipinski definition) is 2. The van der Waals surface area contributed by atoms with Crippen molar-refractivity contribution in [2.24, 2.45) is 0 Å². The van der Waals surface area contributed by atoms with E-state index in [4.69, 9.17) is 4.74 Å². The molecule has 1 unspecified atom stereocenters. The second-order valence-electron chi connectivity index (χ2n) is 4.90. The summed E-state index contributed by atoms with van der Waals surface area (Å²) in [4.78, 5) is 0. The van der Waals surface area contributed by atoms with Crippen LogP contribution in [0.15, 0.2) is 42.5 Å². The van der Waals surface area contributed by atoms with E-state index in [0.717, 1.165) is 23.3 Å². The molecule has 2 N–H and O–H groups in total. The van der Waals surface area contributed by atoms with Gasteiger partial charge in [0.15, 0.2) is 11.6 Å². The minimum absolute atomic E-state index is 0.188. The Bertz CT molecular complexity index is 584. The maximum atomic E-state index is 13.3. The highest BCUT2D eigenvalue weighted by molar-refractivity contribution is 5.30. The van der Waals surface area contributed by atoms with Crippen molar-refractivity contribution in [1.29, 1.82) is 0 Å². The molecule has 0 aromatic heterocycles. The van der Waals surface area contributed by atoms with Gasteiger partial charge < -0.3 is 15.2 Å². The van der Waals surface area contributed by atoms with Crippen LogP contribution in [0.2, 0.25) is 0 Å². The number of hydrogen-bond acceptors (Lipinski definition) is 3. The summed E-state index contributed by atoms with van der Waals surface area (Å²) in [5.74, 6) is -0.0815. The minimum atomic E-state index is -0.591. The van der Waals surface area contributed by atoms with Crippen LogP contribution in [0.4, 0.5) is 4.39 Å². The van der Waals surface area contributed by atoms with Crippen LogP contribution in [-0.2, 0) is 6.54 Å². The summed E-state index contributed by atoms with van der Waals surface area (Å²) in [5, 5.41) is 12.6. The molecule has 3 nitrogen and oxygen atoms in total. The normalized spacial score (nSPS) is 12.1. The molecule has 0 amide bonds. The first-order valence-electron chi connectivity index (χ1n) is 6.98. The lowest BCUT2D eigenvalue weighted by molar-refractivity contribution is 0.414. The molecule has 112 valence electrons. The molecule has 4 heteroatoms. The number of methoxy groups -OCH3 is 1. The fourth-order valence-electron chi connectivity index (χ4n) is 2.24. The average Bonchev–Trinajstić information content (AvgIpc) is 2.52. The Hall–Kier alpha value is -2.07. The molecule has 1 atom stereocenters. The second-order valence-corrected chi connectivity index (χ2v) is 4.90. The maximum Gasteiger partial charge on any atom is 0.165 e. The van der Waals surface area contributed by atoms with Crippen LogP contribution >= 0.6 is 0 Å². The Kier molecular flexibility index (Phi) is 5.17. The summed E-state index contributed by atoms with van der Waals surface area (Å²) >= 11 is 0. The van der Waals surface area contributed by atoms with E-state index in [1.165, 1.54) is 12.1 Å².